The zero-order valence-electron chi connectivity index (χ0n) is 8.37. The lowest BCUT2D eigenvalue weighted by Crippen LogP contribution is -1.93. The Balaban J connectivity index is 2.55. The fourth-order valence-corrected chi connectivity index (χ4v) is 1.47. The number of nitrogen functional groups attached to an aromatic ring is 1. The molecule has 0 unspecified atom stereocenters. The maximum absolute atomic E-state index is 13.1. The van der Waals surface area contributed by atoms with Gasteiger partial charge in [-0.1, -0.05) is 6.07 Å². The van der Waals surface area contributed by atoms with Gasteiger partial charge in [0.15, 0.2) is 0 Å². The molecule has 2 aromatic rings. The summed E-state index contributed by atoms with van der Waals surface area (Å²) in [5, 5.41) is 0. The molecule has 0 amide bonds. The molecule has 15 heavy (non-hydrogen) atoms. The van der Waals surface area contributed by atoms with Gasteiger partial charge in [0.05, 0.1) is 0 Å². The van der Waals surface area contributed by atoms with Gasteiger partial charge in [-0.05, 0) is 42.3 Å². The van der Waals surface area contributed by atoms with Crippen LogP contribution >= 0.6 is 0 Å². The van der Waals surface area contributed by atoms with Crippen molar-refractivity contribution in [3.05, 3.63) is 47.9 Å². The number of benzene rings is 1. The minimum absolute atomic E-state index is 0.207. The number of aromatic nitrogens is 1. The molecule has 1 heterocycles. The molecule has 0 spiro atoms. The Morgan fingerprint density at radius 3 is 2.73 bits per heavy atom. The Morgan fingerprint density at radius 2 is 2.07 bits per heavy atom. The average Bonchev–Trinajstić information content (AvgIpc) is 2.23. The molecule has 0 saturated heterocycles. The zero-order chi connectivity index (χ0) is 10.8. The summed E-state index contributed by atoms with van der Waals surface area (Å²) in [7, 11) is 0. The number of aryl methyl sites for hydroxylation is 1. The summed E-state index contributed by atoms with van der Waals surface area (Å²) < 4.78 is 13.1. The maximum atomic E-state index is 13.1. The molecule has 0 bridgehead atoms. The van der Waals surface area contributed by atoms with Crippen molar-refractivity contribution in [1.82, 2.24) is 4.98 Å². The van der Waals surface area contributed by atoms with Crippen molar-refractivity contribution in [1.29, 1.82) is 0 Å². The second-order valence-electron chi connectivity index (χ2n) is 3.40. The second kappa shape index (κ2) is 3.69. The molecule has 1 aromatic carbocycles. The van der Waals surface area contributed by atoms with Gasteiger partial charge in [0.25, 0.3) is 0 Å². The average molecular weight is 202 g/mol. The lowest BCUT2D eigenvalue weighted by molar-refractivity contribution is 0.619. The number of anilines is 1. The van der Waals surface area contributed by atoms with Crippen molar-refractivity contribution in [2.45, 2.75) is 6.92 Å². The molecule has 0 aliphatic rings. The molecule has 76 valence electrons. The molecule has 3 heteroatoms. The lowest BCUT2D eigenvalue weighted by Gasteiger charge is -2.05. The Labute approximate surface area is 87.6 Å². The summed E-state index contributed by atoms with van der Waals surface area (Å²) >= 11 is 0. The van der Waals surface area contributed by atoms with Crippen molar-refractivity contribution in [3.63, 3.8) is 0 Å². The summed E-state index contributed by atoms with van der Waals surface area (Å²) in [5.41, 5.74) is 8.07. The van der Waals surface area contributed by atoms with Crippen LogP contribution in [0.3, 0.4) is 0 Å². The van der Waals surface area contributed by atoms with Crippen molar-refractivity contribution >= 4 is 5.82 Å². The van der Waals surface area contributed by atoms with Crippen molar-refractivity contribution in [2.75, 3.05) is 5.73 Å². The Hall–Kier alpha value is -1.90. The van der Waals surface area contributed by atoms with Gasteiger partial charge in [0.1, 0.15) is 11.6 Å². The standard InChI is InChI=1S/C12H11FN2/c1-8-7-9(4-5-11(8)13)10-3-2-6-15-12(10)14/h2-7H,1H3,(H2,14,15). The van der Waals surface area contributed by atoms with Crippen molar-refractivity contribution in [3.8, 4) is 11.1 Å². The van der Waals surface area contributed by atoms with Crippen molar-refractivity contribution < 1.29 is 4.39 Å². The molecule has 0 radical (unpaired) electrons. The number of hydrogen-bond acceptors (Lipinski definition) is 2. The molecule has 0 fully saturated rings. The third-order valence-corrected chi connectivity index (χ3v) is 2.31. The van der Waals surface area contributed by atoms with Crippen LogP contribution in [0.1, 0.15) is 5.56 Å². The smallest absolute Gasteiger partial charge is 0.131 e. The molecular formula is C12H11FN2. The van der Waals surface area contributed by atoms with Crippen LogP contribution in [0, 0.1) is 12.7 Å². The molecular weight excluding hydrogens is 191 g/mol. The predicted octanol–water partition coefficient (Wildman–Crippen LogP) is 2.78. The molecule has 0 saturated carbocycles. The molecule has 0 aliphatic heterocycles. The van der Waals surface area contributed by atoms with Gasteiger partial charge in [-0.15, -0.1) is 0 Å². The Kier molecular flexibility index (Phi) is 2.37. The Bertz CT molecular complexity index is 495. The van der Waals surface area contributed by atoms with E-state index in [2.05, 4.69) is 4.98 Å². The van der Waals surface area contributed by atoms with Gasteiger partial charge in [-0.2, -0.15) is 0 Å². The first-order chi connectivity index (χ1) is 7.18. The van der Waals surface area contributed by atoms with E-state index < -0.39 is 0 Å². The van der Waals surface area contributed by atoms with Gasteiger partial charge >= 0.3 is 0 Å². The maximum Gasteiger partial charge on any atom is 0.131 e. The van der Waals surface area contributed by atoms with E-state index in [1.807, 2.05) is 12.1 Å². The van der Waals surface area contributed by atoms with Gasteiger partial charge in [0.2, 0.25) is 0 Å². The number of nitrogens with zero attached hydrogens (tertiary/aromatic N) is 1. The fourth-order valence-electron chi connectivity index (χ4n) is 1.47. The van der Waals surface area contributed by atoms with E-state index in [4.69, 9.17) is 5.73 Å². The zero-order valence-corrected chi connectivity index (χ0v) is 8.37. The Morgan fingerprint density at radius 1 is 1.27 bits per heavy atom. The fraction of sp³-hybridized carbons (Fsp3) is 0.0833. The first-order valence-electron chi connectivity index (χ1n) is 4.65. The number of nitrogens with two attached hydrogens (primary N) is 1. The highest BCUT2D eigenvalue weighted by atomic mass is 19.1. The number of halogens is 1. The van der Waals surface area contributed by atoms with E-state index in [0.717, 1.165) is 11.1 Å². The van der Waals surface area contributed by atoms with Crippen LogP contribution in [0.2, 0.25) is 0 Å². The normalized spacial score (nSPS) is 10.3. The van der Waals surface area contributed by atoms with Crippen LogP contribution in [0.25, 0.3) is 11.1 Å². The van der Waals surface area contributed by atoms with Crippen LogP contribution in [-0.4, -0.2) is 4.98 Å². The summed E-state index contributed by atoms with van der Waals surface area (Å²) in [6.45, 7) is 1.73. The van der Waals surface area contributed by atoms with E-state index in [1.165, 1.54) is 6.07 Å². The summed E-state index contributed by atoms with van der Waals surface area (Å²) in [4.78, 5) is 3.99. The SMILES string of the molecule is Cc1cc(-c2cccnc2N)ccc1F. The van der Waals surface area contributed by atoms with E-state index in [9.17, 15) is 4.39 Å². The van der Waals surface area contributed by atoms with Gasteiger partial charge in [-0.25, -0.2) is 9.37 Å². The molecule has 2 nitrogen and oxygen atoms in total. The molecule has 2 rings (SSSR count). The number of hydrogen-bond donors (Lipinski definition) is 1. The van der Waals surface area contributed by atoms with Crippen LogP contribution < -0.4 is 5.73 Å². The summed E-state index contributed by atoms with van der Waals surface area (Å²) in [5.74, 6) is 0.254. The van der Waals surface area contributed by atoms with Crippen LogP contribution in [-0.2, 0) is 0 Å². The van der Waals surface area contributed by atoms with E-state index in [0.29, 0.717) is 11.4 Å². The summed E-state index contributed by atoms with van der Waals surface area (Å²) in [6.07, 6.45) is 1.63. The van der Waals surface area contributed by atoms with Gasteiger partial charge in [0, 0.05) is 11.8 Å². The minimum Gasteiger partial charge on any atom is -0.383 e. The van der Waals surface area contributed by atoms with E-state index in [-0.39, 0.29) is 5.82 Å². The highest BCUT2D eigenvalue weighted by Crippen LogP contribution is 2.25. The summed E-state index contributed by atoms with van der Waals surface area (Å²) in [6, 6.07) is 8.59. The molecule has 0 aliphatic carbocycles. The van der Waals surface area contributed by atoms with Crippen LogP contribution in [0.15, 0.2) is 36.5 Å². The molecule has 2 N–H and O–H groups in total. The predicted molar refractivity (Wildman–Crippen MR) is 58.8 cm³/mol. The highest BCUT2D eigenvalue weighted by molar-refractivity contribution is 5.73. The topological polar surface area (TPSA) is 38.9 Å². The van der Waals surface area contributed by atoms with Crippen molar-refractivity contribution in [2.24, 2.45) is 0 Å². The van der Waals surface area contributed by atoms with E-state index >= 15 is 0 Å². The molecule has 1 aromatic heterocycles. The third-order valence-electron chi connectivity index (χ3n) is 2.31. The van der Waals surface area contributed by atoms with E-state index in [1.54, 1.807) is 25.3 Å². The largest absolute Gasteiger partial charge is 0.383 e. The lowest BCUT2D eigenvalue weighted by atomic mass is 10.0. The van der Waals surface area contributed by atoms with Gasteiger partial charge < -0.3 is 5.73 Å². The second-order valence-corrected chi connectivity index (χ2v) is 3.40. The van der Waals surface area contributed by atoms with Crippen LogP contribution in [0.4, 0.5) is 10.2 Å². The van der Waals surface area contributed by atoms with Crippen LogP contribution in [0.5, 0.6) is 0 Å². The quantitative estimate of drug-likeness (QED) is 0.772. The van der Waals surface area contributed by atoms with Gasteiger partial charge in [-0.3, -0.25) is 0 Å². The monoisotopic (exact) mass is 202 g/mol. The number of rotatable bonds is 1. The highest BCUT2D eigenvalue weighted by Gasteiger charge is 2.04. The molecule has 0 atom stereocenters. The first kappa shape index (κ1) is 9.65. The first-order valence-corrected chi connectivity index (χ1v) is 4.65. The number of pyridine rings is 1. The minimum atomic E-state index is -0.207. The third kappa shape index (κ3) is 1.81.